The number of benzene rings is 2. The van der Waals surface area contributed by atoms with E-state index >= 15 is 0 Å². The zero-order valence-corrected chi connectivity index (χ0v) is 20.2. The van der Waals surface area contributed by atoms with E-state index in [0.29, 0.717) is 12.8 Å². The van der Waals surface area contributed by atoms with E-state index < -0.39 is 33.5 Å². The lowest BCUT2D eigenvalue weighted by Gasteiger charge is -2.31. The Morgan fingerprint density at radius 1 is 1.20 bits per heavy atom. The lowest BCUT2D eigenvalue weighted by molar-refractivity contribution is -0.120. The van der Waals surface area contributed by atoms with Crippen molar-refractivity contribution in [3.05, 3.63) is 76.1 Å². The minimum absolute atomic E-state index is 0.0326. The van der Waals surface area contributed by atoms with Crippen LogP contribution in [0.3, 0.4) is 0 Å². The number of carbonyl (C=O) groups excluding carboxylic acids is 1. The van der Waals surface area contributed by atoms with Crippen LogP contribution in [0.2, 0.25) is 5.02 Å². The second-order valence-electron chi connectivity index (χ2n) is 8.13. The fourth-order valence-electron chi connectivity index (χ4n) is 3.90. The number of sulfonamides is 1. The molecule has 1 N–H and O–H groups in total. The molecule has 7 nitrogen and oxygen atoms in total. The van der Waals surface area contributed by atoms with Gasteiger partial charge in [0.25, 0.3) is 0 Å². The predicted molar refractivity (Wildman–Crippen MR) is 128 cm³/mol. The minimum atomic E-state index is -4.09. The SMILES string of the molecule is Cc1noc(C=Cc2ccccc2F)c1S(=O)(=O)N1CCCC(C(=O)Nc2ccc(Cl)cc2F)C1. The van der Waals surface area contributed by atoms with Gasteiger partial charge in [0.1, 0.15) is 17.3 Å². The van der Waals surface area contributed by atoms with Gasteiger partial charge < -0.3 is 9.84 Å². The van der Waals surface area contributed by atoms with Gasteiger partial charge in [-0.25, -0.2) is 17.2 Å². The molecule has 1 aliphatic heterocycles. The molecule has 1 saturated heterocycles. The van der Waals surface area contributed by atoms with Gasteiger partial charge in [-0.15, -0.1) is 0 Å². The Morgan fingerprint density at radius 3 is 2.71 bits per heavy atom. The molecule has 35 heavy (non-hydrogen) atoms. The molecular formula is C24H22ClF2N3O4S. The summed E-state index contributed by atoms with van der Waals surface area (Å²) in [7, 11) is -4.09. The molecule has 184 valence electrons. The molecule has 0 bridgehead atoms. The monoisotopic (exact) mass is 521 g/mol. The van der Waals surface area contributed by atoms with Crippen LogP contribution in [0, 0.1) is 24.5 Å². The van der Waals surface area contributed by atoms with Gasteiger partial charge >= 0.3 is 0 Å². The Kier molecular flexibility index (Phi) is 7.34. The van der Waals surface area contributed by atoms with E-state index in [2.05, 4.69) is 10.5 Å². The fourth-order valence-corrected chi connectivity index (χ4v) is 5.84. The van der Waals surface area contributed by atoms with E-state index in [1.54, 1.807) is 18.2 Å². The normalized spacial score (nSPS) is 17.1. The average Bonchev–Trinajstić information content (AvgIpc) is 3.21. The molecular weight excluding hydrogens is 500 g/mol. The molecule has 0 radical (unpaired) electrons. The summed E-state index contributed by atoms with van der Waals surface area (Å²) < 4.78 is 61.4. The van der Waals surface area contributed by atoms with Crippen LogP contribution in [0.4, 0.5) is 14.5 Å². The van der Waals surface area contributed by atoms with E-state index in [9.17, 15) is 22.0 Å². The molecule has 0 aliphatic carbocycles. The number of aromatic nitrogens is 1. The molecule has 11 heteroatoms. The van der Waals surface area contributed by atoms with Crippen LogP contribution in [0.5, 0.6) is 0 Å². The number of aryl methyl sites for hydroxylation is 1. The minimum Gasteiger partial charge on any atom is -0.355 e. The molecule has 1 aliphatic rings. The summed E-state index contributed by atoms with van der Waals surface area (Å²) in [6.45, 7) is 1.60. The highest BCUT2D eigenvalue weighted by molar-refractivity contribution is 7.89. The van der Waals surface area contributed by atoms with Gasteiger partial charge in [0.15, 0.2) is 10.7 Å². The molecule has 1 amide bonds. The molecule has 2 aromatic carbocycles. The van der Waals surface area contributed by atoms with Crippen molar-refractivity contribution in [2.75, 3.05) is 18.4 Å². The number of amides is 1. The number of hydrogen-bond donors (Lipinski definition) is 1. The van der Waals surface area contributed by atoms with Gasteiger partial charge in [-0.1, -0.05) is 35.0 Å². The maximum absolute atomic E-state index is 14.1. The zero-order valence-electron chi connectivity index (χ0n) is 18.7. The summed E-state index contributed by atoms with van der Waals surface area (Å²) in [6.07, 6.45) is 3.63. The van der Waals surface area contributed by atoms with Crippen LogP contribution < -0.4 is 5.32 Å². The second-order valence-corrected chi connectivity index (χ2v) is 10.4. The van der Waals surface area contributed by atoms with Crippen molar-refractivity contribution in [1.82, 2.24) is 9.46 Å². The molecule has 2 heterocycles. The smallest absolute Gasteiger partial charge is 0.248 e. The van der Waals surface area contributed by atoms with Gasteiger partial charge in [0, 0.05) is 23.7 Å². The summed E-state index contributed by atoms with van der Waals surface area (Å²) in [4.78, 5) is 12.6. The predicted octanol–water partition coefficient (Wildman–Crippen LogP) is 5.12. The van der Waals surface area contributed by atoms with Crippen LogP contribution >= 0.6 is 11.6 Å². The zero-order chi connectivity index (χ0) is 25.2. The molecule has 1 atom stereocenters. The van der Waals surface area contributed by atoms with Crippen LogP contribution in [0.25, 0.3) is 12.2 Å². The Balaban J connectivity index is 1.54. The summed E-state index contributed by atoms with van der Waals surface area (Å²) in [5.41, 5.74) is 0.372. The Morgan fingerprint density at radius 2 is 1.97 bits per heavy atom. The number of nitrogens with zero attached hydrogens (tertiary/aromatic N) is 2. The number of carbonyl (C=O) groups is 1. The first-order chi connectivity index (χ1) is 16.7. The molecule has 0 saturated carbocycles. The summed E-state index contributed by atoms with van der Waals surface area (Å²) in [6, 6.07) is 9.91. The lowest BCUT2D eigenvalue weighted by atomic mass is 9.98. The van der Waals surface area contributed by atoms with Gasteiger partial charge in [-0.05, 0) is 56.2 Å². The van der Waals surface area contributed by atoms with Crippen LogP contribution in [0.15, 0.2) is 51.9 Å². The maximum Gasteiger partial charge on any atom is 0.248 e. The van der Waals surface area contributed by atoms with Crippen molar-refractivity contribution in [1.29, 1.82) is 0 Å². The highest BCUT2D eigenvalue weighted by atomic mass is 35.5. The van der Waals surface area contributed by atoms with E-state index in [1.165, 1.54) is 41.6 Å². The van der Waals surface area contributed by atoms with Crippen molar-refractivity contribution in [3.8, 4) is 0 Å². The van der Waals surface area contributed by atoms with Crippen LogP contribution in [0.1, 0.15) is 29.9 Å². The van der Waals surface area contributed by atoms with Gasteiger partial charge in [0.05, 0.1) is 11.6 Å². The Hall–Kier alpha value is -3.08. The number of anilines is 1. The van der Waals surface area contributed by atoms with E-state index in [4.69, 9.17) is 16.1 Å². The van der Waals surface area contributed by atoms with Crippen molar-refractivity contribution in [2.24, 2.45) is 5.92 Å². The van der Waals surface area contributed by atoms with Gasteiger partial charge in [-0.3, -0.25) is 4.79 Å². The molecule has 1 aromatic heterocycles. The lowest BCUT2D eigenvalue weighted by Crippen LogP contribution is -2.44. The highest BCUT2D eigenvalue weighted by Crippen LogP contribution is 2.30. The average molecular weight is 522 g/mol. The number of rotatable bonds is 6. The van der Waals surface area contributed by atoms with E-state index in [0.717, 1.165) is 6.07 Å². The molecule has 3 aromatic rings. The standard InChI is InChI=1S/C24H22ClF2N3O4S/c1-15-23(22(34-29-15)11-8-16-5-2-3-7-19(16)26)35(32,33)30-12-4-6-17(14-30)24(31)28-21-10-9-18(25)13-20(21)27/h2-3,5,7-11,13,17H,4,6,12,14H2,1H3,(H,28,31). The van der Waals surface area contributed by atoms with Crippen molar-refractivity contribution >= 4 is 45.4 Å². The Labute approximate surface area is 206 Å². The summed E-state index contributed by atoms with van der Waals surface area (Å²) in [5.74, 6) is -2.37. The molecule has 1 unspecified atom stereocenters. The quantitative estimate of drug-likeness (QED) is 0.486. The van der Waals surface area contributed by atoms with Crippen molar-refractivity contribution in [2.45, 2.75) is 24.7 Å². The second kappa shape index (κ2) is 10.3. The third-order valence-corrected chi connectivity index (χ3v) is 7.95. The number of hydrogen-bond acceptors (Lipinski definition) is 5. The number of halogens is 3. The topological polar surface area (TPSA) is 92.5 Å². The summed E-state index contributed by atoms with van der Waals surface area (Å²) in [5, 5.41) is 6.48. The van der Waals surface area contributed by atoms with Crippen LogP contribution in [-0.2, 0) is 14.8 Å². The number of nitrogens with one attached hydrogen (secondary N) is 1. The fraction of sp³-hybridized carbons (Fsp3) is 0.250. The largest absolute Gasteiger partial charge is 0.355 e. The van der Waals surface area contributed by atoms with E-state index in [-0.39, 0.29) is 45.7 Å². The third-order valence-electron chi connectivity index (χ3n) is 5.69. The molecule has 1 fully saturated rings. The molecule has 0 spiro atoms. The van der Waals surface area contributed by atoms with E-state index in [1.807, 2.05) is 0 Å². The van der Waals surface area contributed by atoms with Crippen molar-refractivity contribution in [3.63, 3.8) is 0 Å². The highest BCUT2D eigenvalue weighted by Gasteiger charge is 2.37. The molecule has 4 rings (SSSR count). The number of piperidine rings is 1. The first-order valence-corrected chi connectivity index (χ1v) is 12.6. The van der Waals surface area contributed by atoms with Crippen LogP contribution in [-0.4, -0.2) is 36.9 Å². The van der Waals surface area contributed by atoms with Gasteiger partial charge in [-0.2, -0.15) is 4.31 Å². The first kappa shape index (κ1) is 25.0. The first-order valence-electron chi connectivity index (χ1n) is 10.8. The third kappa shape index (κ3) is 5.44. The van der Waals surface area contributed by atoms with Gasteiger partial charge in [0.2, 0.25) is 15.9 Å². The summed E-state index contributed by atoms with van der Waals surface area (Å²) >= 11 is 5.75. The Bertz CT molecular complexity index is 1390. The maximum atomic E-state index is 14.1. The van der Waals surface area contributed by atoms with Crippen molar-refractivity contribution < 1.29 is 26.5 Å².